The molecule has 0 radical (unpaired) electrons. The van der Waals surface area contributed by atoms with Crippen molar-refractivity contribution in [3.05, 3.63) is 29.8 Å². The van der Waals surface area contributed by atoms with E-state index in [0.717, 1.165) is 4.48 Å². The number of quaternary nitrogens is 1. The molecular formula is C14H24N+. The summed E-state index contributed by atoms with van der Waals surface area (Å²) in [7, 11) is 4.61. The molecule has 0 saturated heterocycles. The monoisotopic (exact) mass is 206 g/mol. The third kappa shape index (κ3) is 3.35. The summed E-state index contributed by atoms with van der Waals surface area (Å²) in [5, 5.41) is 0. The fourth-order valence-corrected chi connectivity index (χ4v) is 2.12. The van der Waals surface area contributed by atoms with Gasteiger partial charge in [-0.05, 0) is 25.8 Å². The molecule has 0 bridgehead atoms. The maximum Gasteiger partial charge on any atom is 0.135 e. The number of para-hydroxylation sites is 1. The van der Waals surface area contributed by atoms with Gasteiger partial charge >= 0.3 is 0 Å². The Hall–Kier alpha value is -0.820. The molecule has 1 aromatic rings. The third-order valence-electron chi connectivity index (χ3n) is 3.09. The zero-order chi connectivity index (χ0) is 11.3. The predicted octanol–water partition coefficient (Wildman–Crippen LogP) is 3.75. The second-order valence-corrected chi connectivity index (χ2v) is 4.90. The fraction of sp³-hybridized carbons (Fsp3) is 0.571. The molecule has 15 heavy (non-hydrogen) atoms. The summed E-state index contributed by atoms with van der Waals surface area (Å²) < 4.78 is 1.01. The lowest BCUT2D eigenvalue weighted by atomic mass is 10.1. The Morgan fingerprint density at radius 1 is 1.07 bits per heavy atom. The molecule has 0 saturated carbocycles. The van der Waals surface area contributed by atoms with Crippen LogP contribution in [0.5, 0.6) is 0 Å². The molecule has 0 aromatic heterocycles. The first kappa shape index (κ1) is 12.3. The first-order chi connectivity index (χ1) is 7.08. The molecule has 0 heterocycles. The van der Waals surface area contributed by atoms with E-state index >= 15 is 0 Å². The zero-order valence-corrected chi connectivity index (χ0v) is 10.6. The lowest BCUT2D eigenvalue weighted by Crippen LogP contribution is -2.41. The summed E-state index contributed by atoms with van der Waals surface area (Å²) in [6, 6.07) is 8.71. The van der Waals surface area contributed by atoms with Gasteiger partial charge in [-0.1, -0.05) is 31.5 Å². The van der Waals surface area contributed by atoms with Crippen LogP contribution in [0.25, 0.3) is 0 Å². The second kappa shape index (κ2) is 5.32. The van der Waals surface area contributed by atoms with Crippen molar-refractivity contribution in [2.45, 2.75) is 33.1 Å². The zero-order valence-electron chi connectivity index (χ0n) is 10.6. The van der Waals surface area contributed by atoms with Gasteiger partial charge in [0.05, 0.1) is 20.6 Å². The minimum absolute atomic E-state index is 1.01. The Kier molecular flexibility index (Phi) is 4.34. The van der Waals surface area contributed by atoms with Crippen molar-refractivity contribution in [2.75, 3.05) is 20.6 Å². The molecule has 0 N–H and O–H groups in total. The highest BCUT2D eigenvalue weighted by molar-refractivity contribution is 5.48. The van der Waals surface area contributed by atoms with Crippen LogP contribution in [-0.2, 0) is 0 Å². The maximum absolute atomic E-state index is 2.30. The van der Waals surface area contributed by atoms with Crippen molar-refractivity contribution in [3.63, 3.8) is 0 Å². The summed E-state index contributed by atoms with van der Waals surface area (Å²) in [4.78, 5) is 0. The highest BCUT2D eigenvalue weighted by Crippen LogP contribution is 2.23. The van der Waals surface area contributed by atoms with E-state index in [9.17, 15) is 0 Å². The molecule has 0 aliphatic heterocycles. The first-order valence-corrected chi connectivity index (χ1v) is 5.97. The third-order valence-corrected chi connectivity index (χ3v) is 3.09. The Bertz CT molecular complexity index is 302. The highest BCUT2D eigenvalue weighted by Gasteiger charge is 2.19. The van der Waals surface area contributed by atoms with Gasteiger partial charge in [0.2, 0.25) is 0 Å². The molecule has 1 aromatic carbocycles. The van der Waals surface area contributed by atoms with Crippen LogP contribution < -0.4 is 4.48 Å². The fourth-order valence-electron chi connectivity index (χ4n) is 2.12. The second-order valence-electron chi connectivity index (χ2n) is 4.90. The largest absolute Gasteiger partial charge is 0.296 e. The van der Waals surface area contributed by atoms with E-state index < -0.39 is 0 Å². The van der Waals surface area contributed by atoms with Gasteiger partial charge in [0.1, 0.15) is 5.69 Å². The summed E-state index contributed by atoms with van der Waals surface area (Å²) in [6.07, 6.45) is 3.96. The number of aryl methyl sites for hydroxylation is 1. The van der Waals surface area contributed by atoms with E-state index in [1.165, 1.54) is 37.1 Å². The van der Waals surface area contributed by atoms with Crippen LogP contribution in [0, 0.1) is 6.92 Å². The molecule has 0 aliphatic rings. The number of rotatable bonds is 5. The number of nitrogens with zero attached hydrogens (tertiary/aromatic N) is 1. The van der Waals surface area contributed by atoms with Crippen LogP contribution in [0.2, 0.25) is 0 Å². The van der Waals surface area contributed by atoms with Gasteiger partial charge in [0.25, 0.3) is 0 Å². The van der Waals surface area contributed by atoms with Crippen LogP contribution in [0.15, 0.2) is 24.3 Å². The van der Waals surface area contributed by atoms with Crippen molar-refractivity contribution < 1.29 is 0 Å². The molecule has 1 rings (SSSR count). The molecule has 0 fully saturated rings. The normalized spacial score (nSPS) is 11.7. The van der Waals surface area contributed by atoms with Crippen LogP contribution in [0.4, 0.5) is 5.69 Å². The minimum atomic E-state index is 1.01. The van der Waals surface area contributed by atoms with Gasteiger partial charge in [-0.25, -0.2) is 0 Å². The summed E-state index contributed by atoms with van der Waals surface area (Å²) >= 11 is 0. The van der Waals surface area contributed by atoms with Crippen LogP contribution in [-0.4, -0.2) is 20.6 Å². The Balaban J connectivity index is 2.72. The topological polar surface area (TPSA) is 0 Å². The van der Waals surface area contributed by atoms with Crippen molar-refractivity contribution >= 4 is 5.69 Å². The van der Waals surface area contributed by atoms with Gasteiger partial charge in [0.15, 0.2) is 0 Å². The molecule has 1 heteroatoms. The smallest absolute Gasteiger partial charge is 0.135 e. The van der Waals surface area contributed by atoms with Crippen molar-refractivity contribution in [3.8, 4) is 0 Å². The Morgan fingerprint density at radius 2 is 1.73 bits per heavy atom. The quantitative estimate of drug-likeness (QED) is 0.508. The van der Waals surface area contributed by atoms with E-state index in [-0.39, 0.29) is 0 Å². The SMILES string of the molecule is CCCCC[N+](C)(C)c1ccccc1C. The van der Waals surface area contributed by atoms with Gasteiger partial charge in [-0.3, -0.25) is 4.48 Å². The predicted molar refractivity (Wildman–Crippen MR) is 69.2 cm³/mol. The van der Waals surface area contributed by atoms with Gasteiger partial charge in [0, 0.05) is 5.56 Å². The van der Waals surface area contributed by atoms with Crippen molar-refractivity contribution in [1.29, 1.82) is 0 Å². The lowest BCUT2D eigenvalue weighted by Gasteiger charge is -2.30. The molecule has 0 aliphatic carbocycles. The summed E-state index contributed by atoms with van der Waals surface area (Å²) in [5.41, 5.74) is 2.85. The van der Waals surface area contributed by atoms with Crippen LogP contribution in [0.1, 0.15) is 31.7 Å². The molecule has 84 valence electrons. The van der Waals surface area contributed by atoms with E-state index in [4.69, 9.17) is 0 Å². The summed E-state index contributed by atoms with van der Waals surface area (Å²) in [5.74, 6) is 0. The number of hydrogen-bond acceptors (Lipinski definition) is 0. The van der Waals surface area contributed by atoms with Crippen LogP contribution in [0.3, 0.4) is 0 Å². The van der Waals surface area contributed by atoms with E-state index in [1.807, 2.05) is 0 Å². The average Bonchev–Trinajstić information content (AvgIpc) is 2.18. The molecular weight excluding hydrogens is 182 g/mol. The van der Waals surface area contributed by atoms with Crippen LogP contribution >= 0.6 is 0 Å². The summed E-state index contributed by atoms with van der Waals surface area (Å²) in [6.45, 7) is 5.70. The van der Waals surface area contributed by atoms with E-state index in [0.29, 0.717) is 0 Å². The number of benzene rings is 1. The number of unbranched alkanes of at least 4 members (excludes halogenated alkanes) is 2. The average molecular weight is 206 g/mol. The molecule has 0 unspecified atom stereocenters. The maximum atomic E-state index is 2.30. The Morgan fingerprint density at radius 3 is 2.33 bits per heavy atom. The Labute approximate surface area is 94.3 Å². The molecule has 0 spiro atoms. The van der Waals surface area contributed by atoms with Crippen molar-refractivity contribution in [1.82, 2.24) is 4.48 Å². The van der Waals surface area contributed by atoms with Crippen molar-refractivity contribution in [2.24, 2.45) is 0 Å². The van der Waals surface area contributed by atoms with E-state index in [2.05, 4.69) is 52.2 Å². The molecule has 1 nitrogen and oxygen atoms in total. The van der Waals surface area contributed by atoms with Gasteiger partial charge in [-0.2, -0.15) is 0 Å². The van der Waals surface area contributed by atoms with Gasteiger partial charge in [-0.15, -0.1) is 0 Å². The number of hydrogen-bond donors (Lipinski definition) is 0. The minimum Gasteiger partial charge on any atom is -0.296 e. The van der Waals surface area contributed by atoms with Gasteiger partial charge < -0.3 is 0 Å². The highest BCUT2D eigenvalue weighted by atomic mass is 15.3. The molecule has 0 atom stereocenters. The van der Waals surface area contributed by atoms with E-state index in [1.54, 1.807) is 0 Å². The standard InChI is InChI=1S/C14H24N/c1-5-6-9-12-15(3,4)14-11-8-7-10-13(14)2/h7-8,10-11H,5-6,9,12H2,1-4H3/q+1. The molecule has 0 amide bonds. The lowest BCUT2D eigenvalue weighted by molar-refractivity contribution is 0.383. The first-order valence-electron chi connectivity index (χ1n) is 5.97.